The van der Waals surface area contributed by atoms with Crippen LogP contribution in [0.25, 0.3) is 5.69 Å². The average Bonchev–Trinajstić information content (AvgIpc) is 3.28. The van der Waals surface area contributed by atoms with E-state index in [1.807, 2.05) is 38.7 Å². The molecule has 3 aromatic rings. The molecule has 1 amide bonds. The predicted molar refractivity (Wildman–Crippen MR) is 161 cm³/mol. The summed E-state index contributed by atoms with van der Waals surface area (Å²) in [7, 11) is -4.08. The van der Waals surface area contributed by atoms with Gasteiger partial charge in [-0.15, -0.1) is 10.2 Å². The fourth-order valence-corrected chi connectivity index (χ4v) is 4.91. The van der Waals surface area contributed by atoms with Gasteiger partial charge in [0.25, 0.3) is 10.1 Å². The van der Waals surface area contributed by atoms with Crippen molar-refractivity contribution in [3.8, 4) is 17.8 Å². The first-order chi connectivity index (χ1) is 19.7. The topological polar surface area (TPSA) is 177 Å². The lowest BCUT2D eigenvalue weighted by Crippen LogP contribution is -2.25. The van der Waals surface area contributed by atoms with Crippen LogP contribution < -0.4 is 10.2 Å². The summed E-state index contributed by atoms with van der Waals surface area (Å²) in [5.74, 6) is -0.601. The molecule has 0 aliphatic heterocycles. The molecule has 0 aliphatic rings. The van der Waals surface area contributed by atoms with Crippen molar-refractivity contribution in [2.45, 2.75) is 46.5 Å². The van der Waals surface area contributed by atoms with E-state index in [9.17, 15) is 23.7 Å². The molecule has 220 valence electrons. The van der Waals surface area contributed by atoms with E-state index in [0.29, 0.717) is 47.1 Å². The molecule has 12 nitrogen and oxygen atoms in total. The Labute approximate surface area is 250 Å². The molecule has 0 unspecified atom stereocenters. The van der Waals surface area contributed by atoms with E-state index in [1.165, 1.54) is 17.7 Å². The second-order valence-corrected chi connectivity index (χ2v) is 12.4. The third-order valence-electron chi connectivity index (χ3n) is 6.11. The molecule has 1 aromatic heterocycles. The van der Waals surface area contributed by atoms with Gasteiger partial charge in [0.15, 0.2) is 5.82 Å². The molecule has 1 heterocycles. The fraction of sp³-hybridized carbons (Fsp3) is 0.357. The van der Waals surface area contributed by atoms with Crippen molar-refractivity contribution in [3.05, 3.63) is 58.2 Å². The summed E-state index contributed by atoms with van der Waals surface area (Å²) < 4.78 is 32.7. The number of anilines is 2. The van der Waals surface area contributed by atoms with Crippen LogP contribution in [0.1, 0.15) is 57.9 Å². The standard InChI is InChI=1S/C28H31ClN8O4S/c1-6-36(12-7-13-42(39,40)41)20-9-10-23(24(15-20)32-18(2)38)33-34-27-21(17-31)26(28(3,4)5)35-37(27)25-11-8-19(16-30)14-22(25)29/h8-11,14-15H,6-7,12-13H2,1-5H3,(H,32,38)(H,39,40,41)/b34-33+. The summed E-state index contributed by atoms with van der Waals surface area (Å²) in [6.07, 6.45) is 0.207. The maximum Gasteiger partial charge on any atom is 0.264 e. The van der Waals surface area contributed by atoms with Crippen molar-refractivity contribution in [3.63, 3.8) is 0 Å². The van der Waals surface area contributed by atoms with Crippen LogP contribution in [0, 0.1) is 22.7 Å². The molecule has 0 bridgehead atoms. The lowest BCUT2D eigenvalue weighted by atomic mass is 9.90. The zero-order valence-corrected chi connectivity index (χ0v) is 25.5. The second kappa shape index (κ2) is 13.1. The van der Waals surface area contributed by atoms with Gasteiger partial charge in [0.1, 0.15) is 17.3 Å². The highest BCUT2D eigenvalue weighted by atomic mass is 35.5. The Bertz CT molecular complexity index is 1710. The molecular weight excluding hydrogens is 580 g/mol. The molecule has 2 aromatic carbocycles. The van der Waals surface area contributed by atoms with Crippen LogP contribution in [0.15, 0.2) is 46.6 Å². The summed E-state index contributed by atoms with van der Waals surface area (Å²) in [6.45, 7) is 9.86. The highest BCUT2D eigenvalue weighted by molar-refractivity contribution is 7.85. The summed E-state index contributed by atoms with van der Waals surface area (Å²) >= 11 is 6.49. The number of hydrogen-bond acceptors (Lipinski definition) is 9. The third-order valence-corrected chi connectivity index (χ3v) is 7.22. The van der Waals surface area contributed by atoms with Crippen LogP contribution in [-0.4, -0.2) is 47.5 Å². The number of benzene rings is 2. The first-order valence-electron chi connectivity index (χ1n) is 13.0. The van der Waals surface area contributed by atoms with E-state index in [-0.39, 0.29) is 34.5 Å². The molecule has 0 radical (unpaired) electrons. The predicted octanol–water partition coefficient (Wildman–Crippen LogP) is 6.04. The zero-order chi connectivity index (χ0) is 31.2. The number of halogens is 1. The SMILES string of the molecule is CCN(CCCS(=O)(=O)O)c1ccc(/N=N/c2c(C#N)c(C(C)(C)C)nn2-c2ccc(C#N)cc2Cl)c(NC(C)=O)c1. The van der Waals surface area contributed by atoms with Crippen molar-refractivity contribution in [1.82, 2.24) is 9.78 Å². The van der Waals surface area contributed by atoms with E-state index in [1.54, 1.807) is 30.3 Å². The molecule has 0 aliphatic carbocycles. The minimum absolute atomic E-state index is 0.118. The second-order valence-electron chi connectivity index (χ2n) is 10.4. The largest absolute Gasteiger partial charge is 0.372 e. The van der Waals surface area contributed by atoms with E-state index in [0.717, 1.165) is 0 Å². The average molecular weight is 611 g/mol. The fourth-order valence-electron chi connectivity index (χ4n) is 4.15. The molecule has 0 fully saturated rings. The van der Waals surface area contributed by atoms with E-state index >= 15 is 0 Å². The number of nitrogens with one attached hydrogen (secondary N) is 1. The summed E-state index contributed by atoms with van der Waals surface area (Å²) in [6, 6.07) is 14.0. The third kappa shape index (κ3) is 7.91. The Hall–Kier alpha value is -4.30. The Morgan fingerprint density at radius 1 is 1.17 bits per heavy atom. The molecular formula is C28H31ClN8O4S. The van der Waals surface area contributed by atoms with Crippen LogP contribution >= 0.6 is 11.6 Å². The van der Waals surface area contributed by atoms with Gasteiger partial charge in [-0.3, -0.25) is 9.35 Å². The Kier molecular flexibility index (Phi) is 10.1. The van der Waals surface area contributed by atoms with Gasteiger partial charge >= 0.3 is 0 Å². The van der Waals surface area contributed by atoms with Crippen LogP contribution in [0.2, 0.25) is 5.02 Å². The minimum atomic E-state index is -4.08. The van der Waals surface area contributed by atoms with Crippen molar-refractivity contribution in [2.75, 3.05) is 29.1 Å². The summed E-state index contributed by atoms with van der Waals surface area (Å²) in [5, 5.41) is 35.7. The molecule has 0 saturated heterocycles. The van der Waals surface area contributed by atoms with Gasteiger partial charge in [-0.2, -0.15) is 24.0 Å². The summed E-state index contributed by atoms with van der Waals surface area (Å²) in [5.41, 5.74) is 2.23. The van der Waals surface area contributed by atoms with Crippen molar-refractivity contribution in [1.29, 1.82) is 10.5 Å². The number of carbonyl (C=O) groups excluding carboxylic acids is 1. The lowest BCUT2D eigenvalue weighted by Gasteiger charge is -2.24. The maximum atomic E-state index is 12.0. The van der Waals surface area contributed by atoms with Crippen LogP contribution in [-0.2, 0) is 20.3 Å². The van der Waals surface area contributed by atoms with Crippen LogP contribution in [0.4, 0.5) is 22.9 Å². The minimum Gasteiger partial charge on any atom is -0.372 e. The first kappa shape index (κ1) is 32.2. The molecule has 2 N–H and O–H groups in total. The number of rotatable bonds is 10. The number of nitriles is 2. The highest BCUT2D eigenvalue weighted by Crippen LogP contribution is 2.37. The number of azo groups is 1. The van der Waals surface area contributed by atoms with Gasteiger partial charge in [0.2, 0.25) is 5.91 Å². The smallest absolute Gasteiger partial charge is 0.264 e. The number of carbonyl (C=O) groups is 1. The van der Waals surface area contributed by atoms with Crippen molar-refractivity contribution < 1.29 is 17.8 Å². The number of nitrogens with zero attached hydrogens (tertiary/aromatic N) is 7. The normalized spacial score (nSPS) is 11.7. The van der Waals surface area contributed by atoms with Gasteiger partial charge in [-0.05, 0) is 49.7 Å². The molecule has 0 saturated carbocycles. The van der Waals surface area contributed by atoms with Gasteiger partial charge in [0, 0.05) is 31.1 Å². The zero-order valence-electron chi connectivity index (χ0n) is 23.9. The summed E-state index contributed by atoms with van der Waals surface area (Å²) in [4.78, 5) is 13.9. The Morgan fingerprint density at radius 2 is 1.88 bits per heavy atom. The van der Waals surface area contributed by atoms with E-state index in [2.05, 4.69) is 26.7 Å². The number of amides is 1. The van der Waals surface area contributed by atoms with Crippen molar-refractivity contribution >= 4 is 50.5 Å². The molecule has 3 rings (SSSR count). The molecule has 14 heteroatoms. The monoisotopic (exact) mass is 610 g/mol. The van der Waals surface area contributed by atoms with Crippen LogP contribution in [0.5, 0.6) is 0 Å². The molecule has 0 atom stereocenters. The van der Waals surface area contributed by atoms with E-state index in [4.69, 9.17) is 16.2 Å². The van der Waals surface area contributed by atoms with Gasteiger partial charge in [0.05, 0.1) is 39.5 Å². The quantitative estimate of drug-likeness (QED) is 0.206. The Morgan fingerprint density at radius 3 is 2.43 bits per heavy atom. The molecule has 42 heavy (non-hydrogen) atoms. The van der Waals surface area contributed by atoms with Gasteiger partial charge in [-0.1, -0.05) is 32.4 Å². The van der Waals surface area contributed by atoms with E-state index < -0.39 is 15.5 Å². The van der Waals surface area contributed by atoms with Crippen molar-refractivity contribution in [2.24, 2.45) is 10.2 Å². The first-order valence-corrected chi connectivity index (χ1v) is 14.9. The number of aromatic nitrogens is 2. The maximum absolute atomic E-state index is 12.0. The Balaban J connectivity index is 2.12. The van der Waals surface area contributed by atoms with Gasteiger partial charge < -0.3 is 10.2 Å². The lowest BCUT2D eigenvalue weighted by molar-refractivity contribution is -0.114. The number of hydrogen-bond donors (Lipinski definition) is 2. The van der Waals surface area contributed by atoms with Gasteiger partial charge in [-0.25, -0.2) is 4.68 Å². The molecule has 0 spiro atoms. The van der Waals surface area contributed by atoms with Crippen LogP contribution in [0.3, 0.4) is 0 Å². The highest BCUT2D eigenvalue weighted by Gasteiger charge is 2.28.